The van der Waals surface area contributed by atoms with Crippen LogP contribution in [-0.2, 0) is 16.2 Å². The van der Waals surface area contributed by atoms with E-state index in [1.807, 2.05) is 37.3 Å². The molecule has 40 heavy (non-hydrogen) atoms. The van der Waals surface area contributed by atoms with E-state index < -0.39 is 11.1 Å². The zero-order chi connectivity index (χ0) is 28.1. The minimum absolute atomic E-state index is 0.181. The molecular weight excluding hydrogens is 592 g/mol. The van der Waals surface area contributed by atoms with Gasteiger partial charge in [-0.15, -0.1) is 0 Å². The number of benzene rings is 3. The van der Waals surface area contributed by atoms with Crippen molar-refractivity contribution in [3.05, 3.63) is 75.1 Å². The Hall–Kier alpha value is -3.30. The van der Waals surface area contributed by atoms with Crippen LogP contribution in [0.4, 0.5) is 4.79 Å². The largest absolute Gasteiger partial charge is 0.490 e. The average molecular weight is 624 g/mol. The lowest BCUT2D eigenvalue weighted by molar-refractivity contribution is -0.135. The second-order valence-corrected chi connectivity index (χ2v) is 11.6. The molecule has 2 aliphatic rings. The van der Waals surface area contributed by atoms with Crippen molar-refractivity contribution in [2.75, 3.05) is 26.2 Å². The highest BCUT2D eigenvalue weighted by Gasteiger charge is 2.37. The number of carbonyl (C=O) groups is 3. The van der Waals surface area contributed by atoms with Gasteiger partial charge in [0.2, 0.25) is 5.91 Å². The predicted octanol–water partition coefficient (Wildman–Crippen LogP) is 7.02. The van der Waals surface area contributed by atoms with Crippen LogP contribution in [0.1, 0.15) is 43.7 Å². The molecule has 208 valence electrons. The molecule has 0 aliphatic carbocycles. The van der Waals surface area contributed by atoms with Gasteiger partial charge in [0.25, 0.3) is 11.1 Å². The molecule has 2 saturated heterocycles. The molecule has 0 saturated carbocycles. The van der Waals surface area contributed by atoms with Crippen molar-refractivity contribution in [3.8, 4) is 11.5 Å². The van der Waals surface area contributed by atoms with E-state index in [0.717, 1.165) is 58.7 Å². The van der Waals surface area contributed by atoms with Crippen molar-refractivity contribution in [3.63, 3.8) is 0 Å². The summed E-state index contributed by atoms with van der Waals surface area (Å²) in [7, 11) is 0. The second-order valence-electron chi connectivity index (χ2n) is 9.75. The van der Waals surface area contributed by atoms with Crippen molar-refractivity contribution < 1.29 is 23.9 Å². The number of hydrogen-bond donors (Lipinski definition) is 0. The van der Waals surface area contributed by atoms with Gasteiger partial charge in [-0.25, -0.2) is 0 Å². The van der Waals surface area contributed by atoms with Gasteiger partial charge in [0.05, 0.1) is 16.0 Å². The Morgan fingerprint density at radius 2 is 1.75 bits per heavy atom. The van der Waals surface area contributed by atoms with Gasteiger partial charge in [-0.2, -0.15) is 0 Å². The highest BCUT2D eigenvalue weighted by Crippen LogP contribution is 2.40. The first-order valence-electron chi connectivity index (χ1n) is 13.5. The first-order valence-corrected chi connectivity index (χ1v) is 15.1. The first kappa shape index (κ1) is 28.2. The third-order valence-electron chi connectivity index (χ3n) is 7.01. The molecular formula is C31H31BrN2O5S. The number of thioether (sulfide) groups is 1. The van der Waals surface area contributed by atoms with Gasteiger partial charge in [-0.1, -0.05) is 55.3 Å². The quantitative estimate of drug-likeness (QED) is 0.251. The lowest BCUT2D eigenvalue weighted by atomic mass is 10.1. The van der Waals surface area contributed by atoms with Gasteiger partial charge in [-0.05, 0) is 87.6 Å². The van der Waals surface area contributed by atoms with Gasteiger partial charge >= 0.3 is 0 Å². The van der Waals surface area contributed by atoms with E-state index in [4.69, 9.17) is 9.47 Å². The van der Waals surface area contributed by atoms with Crippen LogP contribution in [-0.4, -0.2) is 53.1 Å². The van der Waals surface area contributed by atoms with E-state index in [0.29, 0.717) is 47.8 Å². The number of fused-ring (bicyclic) bond motifs is 1. The molecule has 3 aromatic rings. The van der Waals surface area contributed by atoms with E-state index in [2.05, 4.69) is 34.1 Å². The minimum atomic E-state index is -0.455. The molecule has 9 heteroatoms. The molecule has 0 N–H and O–H groups in total. The van der Waals surface area contributed by atoms with Crippen LogP contribution in [0.3, 0.4) is 0 Å². The molecule has 2 aliphatic heterocycles. The Balaban J connectivity index is 1.33. The van der Waals surface area contributed by atoms with E-state index >= 15 is 0 Å². The van der Waals surface area contributed by atoms with Crippen LogP contribution in [0.2, 0.25) is 0 Å². The molecule has 3 aromatic carbocycles. The Bertz CT molecular complexity index is 1460. The van der Waals surface area contributed by atoms with Gasteiger partial charge < -0.3 is 14.4 Å². The molecule has 0 bridgehead atoms. The normalized spacial score (nSPS) is 17.0. The number of carbonyl (C=O) groups excluding carboxylic acids is 3. The molecule has 7 nitrogen and oxygen atoms in total. The summed E-state index contributed by atoms with van der Waals surface area (Å²) in [6.07, 6.45) is 5.75. The third-order valence-corrected chi connectivity index (χ3v) is 8.50. The van der Waals surface area contributed by atoms with Gasteiger partial charge in [0.1, 0.15) is 13.2 Å². The molecule has 0 atom stereocenters. The van der Waals surface area contributed by atoms with Crippen molar-refractivity contribution in [2.24, 2.45) is 0 Å². The van der Waals surface area contributed by atoms with Crippen molar-refractivity contribution in [1.82, 2.24) is 9.80 Å². The molecule has 0 aromatic heterocycles. The van der Waals surface area contributed by atoms with Crippen LogP contribution in [0.5, 0.6) is 11.5 Å². The van der Waals surface area contributed by atoms with Gasteiger partial charge in [0.15, 0.2) is 11.5 Å². The summed E-state index contributed by atoms with van der Waals surface area (Å²) >= 11 is 4.46. The van der Waals surface area contributed by atoms with Crippen molar-refractivity contribution in [2.45, 2.75) is 39.2 Å². The predicted molar refractivity (Wildman–Crippen MR) is 161 cm³/mol. The number of likely N-dealkylation sites (tertiary alicyclic amines) is 1. The van der Waals surface area contributed by atoms with Crippen LogP contribution in [0, 0.1) is 0 Å². The number of imide groups is 1. The fraction of sp³-hybridized carbons (Fsp3) is 0.323. The Labute approximate surface area is 246 Å². The molecule has 0 unspecified atom stereocenters. The summed E-state index contributed by atoms with van der Waals surface area (Å²) in [6.45, 7) is 3.79. The maximum absolute atomic E-state index is 13.1. The zero-order valence-electron chi connectivity index (χ0n) is 22.4. The van der Waals surface area contributed by atoms with Crippen molar-refractivity contribution >= 4 is 61.6 Å². The number of ether oxygens (including phenoxy) is 2. The first-order chi connectivity index (χ1) is 19.4. The molecule has 0 radical (unpaired) electrons. The maximum atomic E-state index is 13.1. The fourth-order valence-corrected chi connectivity index (χ4v) is 6.40. The lowest BCUT2D eigenvalue weighted by Gasteiger charge is -2.22. The van der Waals surface area contributed by atoms with Crippen LogP contribution < -0.4 is 9.47 Å². The number of rotatable bonds is 8. The standard InChI is InChI=1S/C31H31BrN2O5S/c1-2-38-26-17-21(16-25(32)29(26)39-20-23-12-9-11-22-10-5-6-13-24(22)23)18-27-30(36)34(31(37)40-27)19-28(35)33-14-7-3-4-8-15-33/h5-6,9-13,16-18H,2-4,7-8,14-15,19-20H2,1H3. The van der Waals surface area contributed by atoms with Gasteiger partial charge in [0, 0.05) is 13.1 Å². The molecule has 2 heterocycles. The minimum Gasteiger partial charge on any atom is -0.490 e. The Morgan fingerprint density at radius 1 is 1.00 bits per heavy atom. The van der Waals surface area contributed by atoms with Crippen molar-refractivity contribution in [1.29, 1.82) is 0 Å². The molecule has 2 fully saturated rings. The van der Waals surface area contributed by atoms with Crippen LogP contribution in [0.25, 0.3) is 16.8 Å². The average Bonchev–Trinajstić information content (AvgIpc) is 3.12. The maximum Gasteiger partial charge on any atom is 0.294 e. The highest BCUT2D eigenvalue weighted by molar-refractivity contribution is 9.10. The summed E-state index contributed by atoms with van der Waals surface area (Å²) in [5.41, 5.74) is 1.73. The second kappa shape index (κ2) is 12.9. The topological polar surface area (TPSA) is 76.2 Å². The Kier molecular flexibility index (Phi) is 9.11. The van der Waals surface area contributed by atoms with E-state index in [1.54, 1.807) is 17.0 Å². The number of halogens is 1. The number of amides is 3. The SMILES string of the molecule is CCOc1cc(C=C2SC(=O)N(CC(=O)N3CCCCCC3)C2=O)cc(Br)c1OCc1cccc2ccccc12. The summed E-state index contributed by atoms with van der Waals surface area (Å²) in [4.78, 5) is 41.7. The van der Waals surface area contributed by atoms with Gasteiger partial charge in [-0.3, -0.25) is 19.3 Å². The lowest BCUT2D eigenvalue weighted by Crippen LogP contribution is -2.42. The van der Waals surface area contributed by atoms with Crippen LogP contribution >= 0.6 is 27.7 Å². The summed E-state index contributed by atoms with van der Waals surface area (Å²) in [5.74, 6) is 0.449. The highest BCUT2D eigenvalue weighted by atomic mass is 79.9. The van der Waals surface area contributed by atoms with E-state index in [1.165, 1.54) is 0 Å². The zero-order valence-corrected chi connectivity index (χ0v) is 24.8. The fourth-order valence-electron chi connectivity index (χ4n) is 4.99. The summed E-state index contributed by atoms with van der Waals surface area (Å²) < 4.78 is 12.8. The van der Waals surface area contributed by atoms with E-state index in [-0.39, 0.29) is 17.4 Å². The summed E-state index contributed by atoms with van der Waals surface area (Å²) in [5, 5.41) is 1.84. The smallest absolute Gasteiger partial charge is 0.294 e. The number of nitrogens with zero attached hydrogens (tertiary/aromatic N) is 2. The monoisotopic (exact) mass is 622 g/mol. The van der Waals surface area contributed by atoms with Crippen LogP contribution in [0.15, 0.2) is 64.0 Å². The Morgan fingerprint density at radius 3 is 2.52 bits per heavy atom. The van der Waals surface area contributed by atoms with E-state index in [9.17, 15) is 14.4 Å². The third kappa shape index (κ3) is 6.36. The molecule has 0 spiro atoms. The molecule has 5 rings (SSSR count). The number of hydrogen-bond acceptors (Lipinski definition) is 6. The summed E-state index contributed by atoms with van der Waals surface area (Å²) in [6, 6.07) is 17.9. The molecule has 3 amide bonds.